The van der Waals surface area contributed by atoms with E-state index in [0.717, 1.165) is 31.5 Å². The van der Waals surface area contributed by atoms with Crippen LogP contribution >= 0.6 is 0 Å². The first-order chi connectivity index (χ1) is 13.6. The van der Waals surface area contributed by atoms with Crippen LogP contribution in [0.3, 0.4) is 0 Å². The molecule has 142 valence electrons. The summed E-state index contributed by atoms with van der Waals surface area (Å²) in [6.45, 7) is 1.88. The van der Waals surface area contributed by atoms with Crippen LogP contribution < -0.4 is 5.32 Å². The molecule has 0 unspecified atom stereocenters. The summed E-state index contributed by atoms with van der Waals surface area (Å²) in [7, 11) is 1.69. The van der Waals surface area contributed by atoms with Crippen molar-refractivity contribution in [2.75, 3.05) is 13.1 Å². The maximum absolute atomic E-state index is 14.9. The molecule has 7 heteroatoms. The molecule has 1 aliphatic rings. The van der Waals surface area contributed by atoms with Gasteiger partial charge in [-0.2, -0.15) is 5.10 Å². The van der Waals surface area contributed by atoms with E-state index in [-0.39, 0.29) is 5.82 Å². The van der Waals surface area contributed by atoms with E-state index in [1.165, 1.54) is 10.7 Å². The van der Waals surface area contributed by atoms with Gasteiger partial charge in [-0.3, -0.25) is 4.68 Å². The Kier molecular flexibility index (Phi) is 4.05. The molecule has 4 aromatic rings. The first-order valence-electron chi connectivity index (χ1n) is 9.39. The Bertz CT molecular complexity index is 1190. The maximum Gasteiger partial charge on any atom is 0.149 e. The SMILES string of the molecule is Cn1ncc2cc(-c3cc4c(F)cc(C5CCNCC5)cc4nn3)cc(F)c21. The Morgan fingerprint density at radius 2 is 1.82 bits per heavy atom. The average Bonchev–Trinajstić information content (AvgIpc) is 3.09. The lowest BCUT2D eigenvalue weighted by molar-refractivity contribution is 0.459. The summed E-state index contributed by atoms with van der Waals surface area (Å²) in [4.78, 5) is 0. The summed E-state index contributed by atoms with van der Waals surface area (Å²) in [5.74, 6) is -0.370. The highest BCUT2D eigenvalue weighted by molar-refractivity contribution is 5.87. The zero-order chi connectivity index (χ0) is 19.3. The molecular formula is C21H19F2N5. The molecule has 3 heterocycles. The van der Waals surface area contributed by atoms with Crippen molar-refractivity contribution < 1.29 is 8.78 Å². The van der Waals surface area contributed by atoms with Crippen molar-refractivity contribution in [3.05, 3.63) is 53.7 Å². The van der Waals surface area contributed by atoms with E-state index in [2.05, 4.69) is 20.6 Å². The quantitative estimate of drug-likeness (QED) is 0.573. The van der Waals surface area contributed by atoms with Crippen LogP contribution in [0, 0.1) is 11.6 Å². The number of fused-ring (bicyclic) bond motifs is 2. The molecule has 0 spiro atoms. The van der Waals surface area contributed by atoms with Gasteiger partial charge in [-0.15, -0.1) is 10.2 Å². The van der Waals surface area contributed by atoms with Crippen LogP contribution in [0.5, 0.6) is 0 Å². The van der Waals surface area contributed by atoms with Crippen LogP contribution in [0.1, 0.15) is 24.3 Å². The van der Waals surface area contributed by atoms with E-state index in [9.17, 15) is 8.78 Å². The van der Waals surface area contributed by atoms with E-state index in [1.807, 2.05) is 6.07 Å². The standard InChI is InChI=1S/C21H19F2N5/c1-28-21-15(11-25-28)6-14(8-18(21)23)19-10-16-17(22)7-13(9-20(16)27-26-19)12-2-4-24-5-3-12/h6-12,24H,2-5H2,1H3. The van der Waals surface area contributed by atoms with Gasteiger partial charge < -0.3 is 5.32 Å². The van der Waals surface area contributed by atoms with Gasteiger partial charge in [0.1, 0.15) is 17.2 Å². The molecule has 1 aliphatic heterocycles. The lowest BCUT2D eigenvalue weighted by Crippen LogP contribution is -2.26. The second kappa shape index (κ2) is 6.60. The molecule has 5 rings (SSSR count). The van der Waals surface area contributed by atoms with E-state index < -0.39 is 5.82 Å². The molecule has 0 saturated carbocycles. The first kappa shape index (κ1) is 17.2. The Balaban J connectivity index is 1.59. The van der Waals surface area contributed by atoms with Crippen LogP contribution in [-0.4, -0.2) is 33.1 Å². The minimum Gasteiger partial charge on any atom is -0.317 e. The molecule has 0 atom stereocenters. The topological polar surface area (TPSA) is 55.6 Å². The second-order valence-corrected chi connectivity index (χ2v) is 7.35. The number of hydrogen-bond acceptors (Lipinski definition) is 4. The highest BCUT2D eigenvalue weighted by Gasteiger charge is 2.18. The van der Waals surface area contributed by atoms with Crippen molar-refractivity contribution in [3.63, 3.8) is 0 Å². The summed E-state index contributed by atoms with van der Waals surface area (Å²) >= 11 is 0. The first-order valence-corrected chi connectivity index (χ1v) is 9.39. The van der Waals surface area contributed by atoms with Crippen molar-refractivity contribution in [3.8, 4) is 11.3 Å². The van der Waals surface area contributed by atoms with Crippen molar-refractivity contribution in [2.45, 2.75) is 18.8 Å². The van der Waals surface area contributed by atoms with E-state index >= 15 is 0 Å². The van der Waals surface area contributed by atoms with Gasteiger partial charge in [0.25, 0.3) is 0 Å². The predicted octanol–water partition coefficient (Wildman–Crippen LogP) is 3.93. The van der Waals surface area contributed by atoms with Gasteiger partial charge in [-0.1, -0.05) is 0 Å². The van der Waals surface area contributed by atoms with Crippen LogP contribution in [0.25, 0.3) is 33.1 Å². The molecule has 0 bridgehead atoms. The summed E-state index contributed by atoms with van der Waals surface area (Å²) in [6, 6.07) is 8.36. The lowest BCUT2D eigenvalue weighted by Gasteiger charge is -2.23. The van der Waals surface area contributed by atoms with Crippen LogP contribution in [0.15, 0.2) is 36.5 Å². The van der Waals surface area contributed by atoms with E-state index in [1.54, 1.807) is 31.4 Å². The number of nitrogens with zero attached hydrogens (tertiary/aromatic N) is 4. The number of piperidine rings is 1. The number of aryl methyl sites for hydroxylation is 1. The summed E-state index contributed by atoms with van der Waals surface area (Å²) < 4.78 is 30.8. The van der Waals surface area contributed by atoms with Gasteiger partial charge in [0.05, 0.1) is 17.4 Å². The molecule has 1 saturated heterocycles. The lowest BCUT2D eigenvalue weighted by atomic mass is 9.89. The van der Waals surface area contributed by atoms with Crippen molar-refractivity contribution in [1.29, 1.82) is 0 Å². The van der Waals surface area contributed by atoms with E-state index in [0.29, 0.717) is 39.0 Å². The van der Waals surface area contributed by atoms with Crippen molar-refractivity contribution in [2.24, 2.45) is 7.05 Å². The smallest absolute Gasteiger partial charge is 0.149 e. The van der Waals surface area contributed by atoms with Gasteiger partial charge in [0.2, 0.25) is 0 Å². The molecular weight excluding hydrogens is 360 g/mol. The third-order valence-corrected chi connectivity index (χ3v) is 5.57. The molecule has 0 amide bonds. The minimum atomic E-state index is -0.392. The Labute approximate surface area is 160 Å². The number of benzene rings is 2. The zero-order valence-corrected chi connectivity index (χ0v) is 15.4. The van der Waals surface area contributed by atoms with Gasteiger partial charge in [-0.05, 0) is 67.7 Å². The fourth-order valence-electron chi connectivity index (χ4n) is 4.07. The second-order valence-electron chi connectivity index (χ2n) is 7.35. The summed E-state index contributed by atoms with van der Waals surface area (Å²) in [6.07, 6.45) is 3.57. The van der Waals surface area contributed by atoms with E-state index in [4.69, 9.17) is 0 Å². The summed E-state index contributed by atoms with van der Waals surface area (Å²) in [5, 5.41) is 16.9. The number of aromatic nitrogens is 4. The van der Waals surface area contributed by atoms with Crippen molar-refractivity contribution in [1.82, 2.24) is 25.3 Å². The third-order valence-electron chi connectivity index (χ3n) is 5.57. The minimum absolute atomic E-state index is 0.315. The predicted molar refractivity (Wildman–Crippen MR) is 104 cm³/mol. The molecule has 0 radical (unpaired) electrons. The van der Waals surface area contributed by atoms with Crippen LogP contribution in [0.2, 0.25) is 0 Å². The van der Waals surface area contributed by atoms with Gasteiger partial charge >= 0.3 is 0 Å². The monoisotopic (exact) mass is 379 g/mol. The number of hydrogen-bond donors (Lipinski definition) is 1. The third kappa shape index (κ3) is 2.82. The van der Waals surface area contributed by atoms with Gasteiger partial charge in [0, 0.05) is 23.4 Å². The highest BCUT2D eigenvalue weighted by atomic mass is 19.1. The van der Waals surface area contributed by atoms with Crippen molar-refractivity contribution >= 4 is 21.8 Å². The van der Waals surface area contributed by atoms with Gasteiger partial charge in [-0.25, -0.2) is 8.78 Å². The molecule has 1 N–H and O–H groups in total. The molecule has 28 heavy (non-hydrogen) atoms. The average molecular weight is 379 g/mol. The van der Waals surface area contributed by atoms with Crippen LogP contribution in [0.4, 0.5) is 8.78 Å². The molecule has 0 aliphatic carbocycles. The summed E-state index contributed by atoms with van der Waals surface area (Å²) in [5.41, 5.74) is 2.91. The van der Waals surface area contributed by atoms with Crippen LogP contribution in [-0.2, 0) is 7.05 Å². The largest absolute Gasteiger partial charge is 0.317 e. The Morgan fingerprint density at radius 3 is 2.64 bits per heavy atom. The normalized spacial score (nSPS) is 15.5. The number of nitrogens with one attached hydrogen (secondary N) is 1. The molecule has 1 fully saturated rings. The highest BCUT2D eigenvalue weighted by Crippen LogP contribution is 2.31. The molecule has 5 nitrogen and oxygen atoms in total. The zero-order valence-electron chi connectivity index (χ0n) is 15.4. The molecule has 2 aromatic carbocycles. The fourth-order valence-corrected chi connectivity index (χ4v) is 4.07. The Hall–Kier alpha value is -2.93. The maximum atomic E-state index is 14.9. The number of rotatable bonds is 2. The number of halogens is 2. The Morgan fingerprint density at radius 1 is 1.00 bits per heavy atom. The molecule has 2 aromatic heterocycles. The van der Waals surface area contributed by atoms with Gasteiger partial charge in [0.15, 0.2) is 0 Å². The fraction of sp³-hybridized carbons (Fsp3) is 0.286.